The Morgan fingerprint density at radius 2 is 0.588 bits per heavy atom. The Morgan fingerprint density at radius 1 is 0.338 bits per heavy atom. The molecule has 1 atom stereocenters. The second-order valence-corrected chi connectivity index (χ2v) is 20.8. The molecule has 0 amide bonds. The number of unbranched alkanes of at least 4 members (excludes halogenated alkanes) is 43. The van der Waals surface area contributed by atoms with Crippen LogP contribution in [0.25, 0.3) is 0 Å². The van der Waals surface area contributed by atoms with E-state index < -0.39 is 6.10 Å². The van der Waals surface area contributed by atoms with Crippen molar-refractivity contribution in [3.05, 3.63) is 36.5 Å². The maximum absolute atomic E-state index is 12.3. The van der Waals surface area contributed by atoms with E-state index >= 15 is 0 Å². The van der Waals surface area contributed by atoms with Gasteiger partial charge in [0, 0.05) is 12.8 Å². The van der Waals surface area contributed by atoms with Crippen molar-refractivity contribution in [1.82, 2.24) is 0 Å². The first-order valence-electron chi connectivity index (χ1n) is 30.5. The Hall–Kier alpha value is -1.88. The molecular formula is C63H118O5. The lowest BCUT2D eigenvalue weighted by Gasteiger charge is -2.15. The summed E-state index contributed by atoms with van der Waals surface area (Å²) in [6.07, 6.45) is 77.1. The fourth-order valence-electron chi connectivity index (χ4n) is 9.33. The van der Waals surface area contributed by atoms with Crippen LogP contribution in [-0.4, -0.2) is 36.4 Å². The monoisotopic (exact) mass is 955 g/mol. The predicted molar refractivity (Wildman–Crippen MR) is 298 cm³/mol. The van der Waals surface area contributed by atoms with E-state index in [4.69, 9.17) is 9.47 Å². The molecule has 0 bridgehead atoms. The van der Waals surface area contributed by atoms with E-state index in [1.807, 2.05) is 0 Å². The predicted octanol–water partition coefficient (Wildman–Crippen LogP) is 20.6. The van der Waals surface area contributed by atoms with Gasteiger partial charge in [0.15, 0.2) is 6.10 Å². The van der Waals surface area contributed by atoms with Crippen LogP contribution in [0.2, 0.25) is 0 Å². The summed E-state index contributed by atoms with van der Waals surface area (Å²) in [5.74, 6) is -0.570. The molecule has 0 rings (SSSR count). The summed E-state index contributed by atoms with van der Waals surface area (Å²) in [6, 6.07) is 0. The minimum Gasteiger partial charge on any atom is -0.462 e. The second-order valence-electron chi connectivity index (χ2n) is 20.8. The number of carbonyl (C=O) groups is 2. The first-order chi connectivity index (χ1) is 33.6. The van der Waals surface area contributed by atoms with E-state index in [0.29, 0.717) is 12.8 Å². The van der Waals surface area contributed by atoms with Gasteiger partial charge in [-0.25, -0.2) is 0 Å². The number of ether oxygens (including phenoxy) is 2. The van der Waals surface area contributed by atoms with Gasteiger partial charge in [-0.1, -0.05) is 307 Å². The molecule has 0 aromatic carbocycles. The Kier molecular flexibility index (Phi) is 57.8. The van der Waals surface area contributed by atoms with Crippen LogP contribution in [0.4, 0.5) is 0 Å². The van der Waals surface area contributed by atoms with Crippen molar-refractivity contribution in [2.45, 2.75) is 341 Å². The lowest BCUT2D eigenvalue weighted by Crippen LogP contribution is -2.28. The number of aliphatic hydroxyl groups is 1. The summed E-state index contributed by atoms with van der Waals surface area (Å²) in [5.41, 5.74) is 0. The van der Waals surface area contributed by atoms with Crippen molar-refractivity contribution < 1.29 is 24.2 Å². The van der Waals surface area contributed by atoms with E-state index in [9.17, 15) is 14.7 Å². The largest absolute Gasteiger partial charge is 0.462 e. The second kappa shape index (κ2) is 59.4. The third-order valence-electron chi connectivity index (χ3n) is 13.9. The van der Waals surface area contributed by atoms with Gasteiger partial charge >= 0.3 is 11.9 Å². The molecule has 400 valence electrons. The van der Waals surface area contributed by atoms with Gasteiger partial charge in [0.25, 0.3) is 0 Å². The van der Waals surface area contributed by atoms with Gasteiger partial charge in [-0.05, 0) is 51.4 Å². The number of hydrogen-bond donors (Lipinski definition) is 1. The molecule has 68 heavy (non-hydrogen) atoms. The summed E-state index contributed by atoms with van der Waals surface area (Å²) >= 11 is 0. The number of rotatable bonds is 57. The minimum absolute atomic E-state index is 0.0599. The van der Waals surface area contributed by atoms with Gasteiger partial charge in [-0.3, -0.25) is 9.59 Å². The van der Waals surface area contributed by atoms with E-state index in [1.54, 1.807) is 0 Å². The topological polar surface area (TPSA) is 72.8 Å². The van der Waals surface area contributed by atoms with Crippen LogP contribution >= 0.6 is 0 Å². The van der Waals surface area contributed by atoms with Crippen molar-refractivity contribution in [1.29, 1.82) is 0 Å². The SMILES string of the molecule is CCCCCCC/C=C\C/C=C\C/C=C\CCCCCCCCCCCCCCCCCCC(=O)OC(CO)COC(=O)CCCCCCCCCCCCCCCCCCCCCCCCC. The average Bonchev–Trinajstić information content (AvgIpc) is 3.34. The molecule has 0 aromatic rings. The van der Waals surface area contributed by atoms with Crippen LogP contribution in [0.15, 0.2) is 36.5 Å². The van der Waals surface area contributed by atoms with Crippen molar-refractivity contribution in [2.24, 2.45) is 0 Å². The number of hydrogen-bond acceptors (Lipinski definition) is 5. The molecule has 5 heteroatoms. The first kappa shape index (κ1) is 66.1. The van der Waals surface area contributed by atoms with E-state index in [2.05, 4.69) is 50.3 Å². The molecule has 0 spiro atoms. The smallest absolute Gasteiger partial charge is 0.306 e. The van der Waals surface area contributed by atoms with E-state index in [-0.39, 0.29) is 25.2 Å². The minimum atomic E-state index is -0.769. The molecule has 1 unspecified atom stereocenters. The Bertz CT molecular complexity index is 1080. The molecule has 0 aliphatic carbocycles. The molecule has 0 fully saturated rings. The van der Waals surface area contributed by atoms with Gasteiger partial charge in [0.05, 0.1) is 6.61 Å². The molecule has 0 aliphatic heterocycles. The standard InChI is InChI=1S/C63H118O5/c1-3-5-7-9-11-13-15-17-19-21-23-25-27-28-29-30-31-32-33-34-36-38-40-42-44-46-48-50-52-54-56-58-63(66)68-61(59-64)60-67-62(65)57-55-53-51-49-47-45-43-41-39-37-35-26-24-22-20-18-16-14-12-10-8-6-4-2/h15,17,21,23,27-28,61,64H,3-14,16,18-20,22,24-26,29-60H2,1-2H3/b17-15-,23-21-,28-27-. The van der Waals surface area contributed by atoms with Crippen LogP contribution in [0.5, 0.6) is 0 Å². The Morgan fingerprint density at radius 3 is 0.882 bits per heavy atom. The first-order valence-corrected chi connectivity index (χ1v) is 30.5. The molecule has 5 nitrogen and oxygen atoms in total. The van der Waals surface area contributed by atoms with Crippen molar-refractivity contribution in [2.75, 3.05) is 13.2 Å². The highest BCUT2D eigenvalue weighted by molar-refractivity contribution is 5.70. The summed E-state index contributed by atoms with van der Waals surface area (Å²) in [4.78, 5) is 24.6. The van der Waals surface area contributed by atoms with E-state index in [1.165, 1.54) is 263 Å². The fourth-order valence-corrected chi connectivity index (χ4v) is 9.33. The lowest BCUT2D eigenvalue weighted by atomic mass is 10.0. The number of allylic oxidation sites excluding steroid dienone is 6. The summed E-state index contributed by atoms with van der Waals surface area (Å²) in [6.45, 7) is 4.18. The average molecular weight is 956 g/mol. The third-order valence-corrected chi connectivity index (χ3v) is 13.9. The van der Waals surface area contributed by atoms with Crippen LogP contribution in [0, 0.1) is 0 Å². The van der Waals surface area contributed by atoms with Crippen LogP contribution in [0.3, 0.4) is 0 Å². The highest BCUT2D eigenvalue weighted by Crippen LogP contribution is 2.18. The maximum atomic E-state index is 12.3. The molecule has 0 saturated carbocycles. The molecule has 0 saturated heterocycles. The van der Waals surface area contributed by atoms with Crippen LogP contribution in [0.1, 0.15) is 335 Å². The zero-order valence-electron chi connectivity index (χ0n) is 45.9. The van der Waals surface area contributed by atoms with Crippen molar-refractivity contribution >= 4 is 11.9 Å². The molecule has 1 N–H and O–H groups in total. The lowest BCUT2D eigenvalue weighted by molar-refractivity contribution is -0.161. The number of carbonyl (C=O) groups excluding carboxylic acids is 2. The van der Waals surface area contributed by atoms with Gasteiger partial charge in [0.2, 0.25) is 0 Å². The Balaban J connectivity index is 3.42. The van der Waals surface area contributed by atoms with E-state index in [0.717, 1.165) is 44.9 Å². The fraction of sp³-hybridized carbons (Fsp3) is 0.873. The van der Waals surface area contributed by atoms with Gasteiger partial charge < -0.3 is 14.6 Å². The zero-order chi connectivity index (χ0) is 49.2. The summed E-state index contributed by atoms with van der Waals surface area (Å²) in [7, 11) is 0. The van der Waals surface area contributed by atoms with Gasteiger partial charge in [-0.2, -0.15) is 0 Å². The van der Waals surface area contributed by atoms with Crippen LogP contribution in [-0.2, 0) is 19.1 Å². The van der Waals surface area contributed by atoms with Crippen LogP contribution < -0.4 is 0 Å². The maximum Gasteiger partial charge on any atom is 0.306 e. The molecule has 0 radical (unpaired) electrons. The molecule has 0 aliphatic rings. The Labute approximate surface area is 425 Å². The molecule has 0 aromatic heterocycles. The quantitative estimate of drug-likeness (QED) is 0.0374. The third kappa shape index (κ3) is 56.7. The number of aliphatic hydroxyl groups excluding tert-OH is 1. The molecular weight excluding hydrogens is 837 g/mol. The normalized spacial score (nSPS) is 12.3. The van der Waals surface area contributed by atoms with Crippen molar-refractivity contribution in [3.63, 3.8) is 0 Å². The highest BCUT2D eigenvalue weighted by atomic mass is 16.6. The van der Waals surface area contributed by atoms with Gasteiger partial charge in [0.1, 0.15) is 6.61 Å². The van der Waals surface area contributed by atoms with Gasteiger partial charge in [-0.15, -0.1) is 0 Å². The zero-order valence-corrected chi connectivity index (χ0v) is 45.9. The number of esters is 2. The highest BCUT2D eigenvalue weighted by Gasteiger charge is 2.16. The molecule has 0 heterocycles. The van der Waals surface area contributed by atoms with Crippen molar-refractivity contribution in [3.8, 4) is 0 Å². The summed E-state index contributed by atoms with van der Waals surface area (Å²) < 4.78 is 10.7. The summed E-state index contributed by atoms with van der Waals surface area (Å²) in [5, 5.41) is 9.67.